The average Bonchev–Trinajstić information content (AvgIpc) is 2.67. The molecule has 0 radical (unpaired) electrons. The lowest BCUT2D eigenvalue weighted by atomic mass is 9.84. The van der Waals surface area contributed by atoms with Gasteiger partial charge in [-0.15, -0.1) is 0 Å². The summed E-state index contributed by atoms with van der Waals surface area (Å²) in [6.45, 7) is 4.09. The Morgan fingerprint density at radius 1 is 1.04 bits per heavy atom. The van der Waals surface area contributed by atoms with E-state index in [-0.39, 0.29) is 0 Å². The molecule has 0 aromatic heterocycles. The van der Waals surface area contributed by atoms with Gasteiger partial charge in [-0.25, -0.2) is 0 Å². The largest absolute Gasteiger partial charge is 0.368 e. The summed E-state index contributed by atoms with van der Waals surface area (Å²) in [5.41, 5.74) is 3.80. The number of halogens is 1. The molecule has 1 aliphatic carbocycles. The van der Waals surface area contributed by atoms with Gasteiger partial charge in [-0.05, 0) is 55.0 Å². The Bertz CT molecular complexity index is 686. The van der Waals surface area contributed by atoms with Gasteiger partial charge < -0.3 is 4.90 Å². The van der Waals surface area contributed by atoms with Crippen LogP contribution < -0.4 is 4.90 Å². The van der Waals surface area contributed by atoms with E-state index >= 15 is 0 Å². The fourth-order valence-electron chi connectivity index (χ4n) is 3.76. The number of likely N-dealkylation sites (N-methyl/N-ethyl adjacent to an activating group) is 1. The van der Waals surface area contributed by atoms with Gasteiger partial charge in [0.25, 0.3) is 0 Å². The van der Waals surface area contributed by atoms with Crippen LogP contribution in [0.5, 0.6) is 0 Å². The standard InChI is InChI=1S/C23H28ClN/c1-2-25(21-13-7-4-8-14-21)17-9-10-19-15-16-22(23(24)18-19)20-11-5-3-6-12-20/h4,7-10,13-16,18,20H,2-3,5-6,11-12,17H2,1H3/b10-9+. The lowest BCUT2D eigenvalue weighted by Crippen LogP contribution is -2.22. The predicted octanol–water partition coefficient (Wildman–Crippen LogP) is 6.93. The van der Waals surface area contributed by atoms with Crippen LogP contribution in [0.1, 0.15) is 56.1 Å². The molecule has 1 fully saturated rings. The van der Waals surface area contributed by atoms with Crippen LogP contribution in [-0.4, -0.2) is 13.1 Å². The minimum Gasteiger partial charge on any atom is -0.368 e. The second kappa shape index (κ2) is 9.10. The fraction of sp³-hybridized carbons (Fsp3) is 0.391. The van der Waals surface area contributed by atoms with Crippen LogP contribution in [0.25, 0.3) is 6.08 Å². The molecule has 0 amide bonds. The number of hydrogen-bond donors (Lipinski definition) is 0. The van der Waals surface area contributed by atoms with Crippen LogP contribution in [0.2, 0.25) is 5.02 Å². The van der Waals surface area contributed by atoms with Crippen molar-refractivity contribution in [3.63, 3.8) is 0 Å². The molecule has 25 heavy (non-hydrogen) atoms. The number of anilines is 1. The van der Waals surface area contributed by atoms with E-state index in [1.54, 1.807) is 0 Å². The maximum Gasteiger partial charge on any atom is 0.0446 e. The van der Waals surface area contributed by atoms with Crippen LogP contribution in [0.4, 0.5) is 5.69 Å². The summed E-state index contributed by atoms with van der Waals surface area (Å²) in [6.07, 6.45) is 11.0. The zero-order chi connectivity index (χ0) is 17.5. The van der Waals surface area contributed by atoms with Gasteiger partial charge in [0.15, 0.2) is 0 Å². The second-order valence-corrected chi connectivity index (χ2v) is 7.30. The van der Waals surface area contributed by atoms with Crippen molar-refractivity contribution in [1.82, 2.24) is 0 Å². The third kappa shape index (κ3) is 4.89. The highest BCUT2D eigenvalue weighted by Gasteiger charge is 2.17. The Morgan fingerprint density at radius 3 is 2.48 bits per heavy atom. The van der Waals surface area contributed by atoms with Gasteiger partial charge >= 0.3 is 0 Å². The summed E-state index contributed by atoms with van der Waals surface area (Å²) < 4.78 is 0. The van der Waals surface area contributed by atoms with Gasteiger partial charge in [0, 0.05) is 23.8 Å². The SMILES string of the molecule is CCN(C/C=C/c1ccc(C2CCCCC2)c(Cl)c1)c1ccccc1. The highest BCUT2D eigenvalue weighted by atomic mass is 35.5. The van der Waals surface area contributed by atoms with Crippen LogP contribution in [0.15, 0.2) is 54.6 Å². The zero-order valence-corrected chi connectivity index (χ0v) is 15.9. The van der Waals surface area contributed by atoms with E-state index < -0.39 is 0 Å². The molecule has 1 aliphatic rings. The molecule has 2 heteroatoms. The van der Waals surface area contributed by atoms with E-state index in [0.717, 1.165) is 18.1 Å². The van der Waals surface area contributed by atoms with E-state index in [1.807, 2.05) is 0 Å². The Kier molecular flexibility index (Phi) is 6.58. The van der Waals surface area contributed by atoms with Crippen molar-refractivity contribution in [1.29, 1.82) is 0 Å². The molecule has 2 aromatic carbocycles. The van der Waals surface area contributed by atoms with Crippen molar-refractivity contribution < 1.29 is 0 Å². The van der Waals surface area contributed by atoms with Gasteiger partial charge in [0.05, 0.1) is 0 Å². The molecule has 0 bridgehead atoms. The molecule has 1 nitrogen and oxygen atoms in total. The van der Waals surface area contributed by atoms with Gasteiger partial charge in [-0.3, -0.25) is 0 Å². The molecule has 0 aliphatic heterocycles. The summed E-state index contributed by atoms with van der Waals surface area (Å²) in [7, 11) is 0. The molecule has 2 aromatic rings. The lowest BCUT2D eigenvalue weighted by molar-refractivity contribution is 0.444. The summed E-state index contributed by atoms with van der Waals surface area (Å²) >= 11 is 6.58. The van der Waals surface area contributed by atoms with Gasteiger partial charge in [0.1, 0.15) is 0 Å². The van der Waals surface area contributed by atoms with E-state index in [9.17, 15) is 0 Å². The highest BCUT2D eigenvalue weighted by Crippen LogP contribution is 2.36. The monoisotopic (exact) mass is 353 g/mol. The van der Waals surface area contributed by atoms with Crippen molar-refractivity contribution in [3.8, 4) is 0 Å². The molecule has 132 valence electrons. The number of hydrogen-bond acceptors (Lipinski definition) is 1. The quantitative estimate of drug-likeness (QED) is 0.544. The number of rotatable bonds is 6. The molecule has 0 atom stereocenters. The third-order valence-electron chi connectivity index (χ3n) is 5.21. The van der Waals surface area contributed by atoms with Gasteiger partial charge in [0.2, 0.25) is 0 Å². The summed E-state index contributed by atoms with van der Waals surface area (Å²) in [5.74, 6) is 0.660. The van der Waals surface area contributed by atoms with Crippen molar-refractivity contribution in [2.24, 2.45) is 0 Å². The first-order chi connectivity index (χ1) is 12.3. The molecule has 1 saturated carbocycles. The highest BCUT2D eigenvalue weighted by molar-refractivity contribution is 6.31. The minimum atomic E-state index is 0.660. The van der Waals surface area contributed by atoms with Gasteiger partial charge in [-0.2, -0.15) is 0 Å². The Labute approximate surface area is 157 Å². The van der Waals surface area contributed by atoms with Crippen LogP contribution in [-0.2, 0) is 0 Å². The molecule has 0 spiro atoms. The predicted molar refractivity (Wildman–Crippen MR) is 111 cm³/mol. The summed E-state index contributed by atoms with van der Waals surface area (Å²) in [6, 6.07) is 17.1. The van der Waals surface area contributed by atoms with Crippen LogP contribution in [0, 0.1) is 0 Å². The first-order valence-corrected chi connectivity index (χ1v) is 9.91. The Morgan fingerprint density at radius 2 is 1.80 bits per heavy atom. The van der Waals surface area contributed by atoms with E-state index in [1.165, 1.54) is 48.9 Å². The Balaban J connectivity index is 1.64. The molecule has 0 N–H and O–H groups in total. The molecular formula is C23H28ClN. The van der Waals surface area contributed by atoms with E-state index in [4.69, 9.17) is 11.6 Å². The maximum atomic E-state index is 6.58. The van der Waals surface area contributed by atoms with E-state index in [0.29, 0.717) is 5.92 Å². The minimum absolute atomic E-state index is 0.660. The summed E-state index contributed by atoms with van der Waals surface area (Å²) in [4.78, 5) is 2.36. The number of nitrogens with zero attached hydrogens (tertiary/aromatic N) is 1. The van der Waals surface area contributed by atoms with Crippen molar-refractivity contribution in [2.45, 2.75) is 44.9 Å². The van der Waals surface area contributed by atoms with Crippen LogP contribution >= 0.6 is 11.6 Å². The smallest absolute Gasteiger partial charge is 0.0446 e. The first kappa shape index (κ1) is 18.1. The molecular weight excluding hydrogens is 326 g/mol. The molecule has 0 heterocycles. The fourth-order valence-corrected chi connectivity index (χ4v) is 4.11. The zero-order valence-electron chi connectivity index (χ0n) is 15.1. The van der Waals surface area contributed by atoms with Crippen molar-refractivity contribution in [2.75, 3.05) is 18.0 Å². The third-order valence-corrected chi connectivity index (χ3v) is 5.54. The number of benzene rings is 2. The average molecular weight is 354 g/mol. The maximum absolute atomic E-state index is 6.58. The lowest BCUT2D eigenvalue weighted by Gasteiger charge is -2.23. The number of para-hydroxylation sites is 1. The van der Waals surface area contributed by atoms with Crippen LogP contribution in [0.3, 0.4) is 0 Å². The van der Waals surface area contributed by atoms with Crippen molar-refractivity contribution >= 4 is 23.4 Å². The van der Waals surface area contributed by atoms with Crippen molar-refractivity contribution in [3.05, 3.63) is 70.8 Å². The van der Waals surface area contributed by atoms with Gasteiger partial charge in [-0.1, -0.05) is 73.3 Å². The normalized spacial score (nSPS) is 15.6. The molecule has 0 unspecified atom stereocenters. The topological polar surface area (TPSA) is 3.24 Å². The summed E-state index contributed by atoms with van der Waals surface area (Å²) in [5, 5.41) is 0.935. The first-order valence-electron chi connectivity index (χ1n) is 9.54. The van der Waals surface area contributed by atoms with E-state index in [2.05, 4.69) is 72.5 Å². The second-order valence-electron chi connectivity index (χ2n) is 6.89. The Hall–Kier alpha value is -1.73. The molecule has 0 saturated heterocycles. The molecule has 3 rings (SSSR count).